The molecule has 0 aliphatic rings. The van der Waals surface area contributed by atoms with Gasteiger partial charge in [-0.15, -0.1) is 0 Å². The molecule has 4 rings (SSSR count). The first-order chi connectivity index (χ1) is 13.7. The number of phenolic OH excluding ortho intramolecular Hbond substituents is 2. The molecule has 0 radical (unpaired) electrons. The van der Waals surface area contributed by atoms with Crippen molar-refractivity contribution in [2.75, 3.05) is 0 Å². The SMILES string of the molecule is Oc1ccc(-c2ccccc2)c(CCc2cc(O)ccc2-c2ccccc2)c1. The Kier molecular flexibility index (Phi) is 5.11. The monoisotopic (exact) mass is 366 g/mol. The molecule has 0 spiro atoms. The fraction of sp³-hybridized carbons (Fsp3) is 0.0769. The van der Waals surface area contributed by atoms with Gasteiger partial charge in [-0.3, -0.25) is 0 Å². The maximum Gasteiger partial charge on any atom is 0.115 e. The number of phenols is 2. The van der Waals surface area contributed by atoms with Crippen molar-refractivity contribution in [1.29, 1.82) is 0 Å². The predicted molar refractivity (Wildman–Crippen MR) is 114 cm³/mol. The quantitative estimate of drug-likeness (QED) is 0.440. The molecule has 4 aromatic carbocycles. The summed E-state index contributed by atoms with van der Waals surface area (Å²) in [6, 6.07) is 31.5. The van der Waals surface area contributed by atoms with E-state index in [4.69, 9.17) is 0 Å². The molecular formula is C26H22O2. The zero-order valence-corrected chi connectivity index (χ0v) is 15.5. The van der Waals surface area contributed by atoms with Crippen LogP contribution in [-0.4, -0.2) is 10.2 Å². The normalized spacial score (nSPS) is 10.7. The van der Waals surface area contributed by atoms with Gasteiger partial charge in [-0.1, -0.05) is 72.8 Å². The summed E-state index contributed by atoms with van der Waals surface area (Å²) in [6.45, 7) is 0. The van der Waals surface area contributed by atoms with Gasteiger partial charge in [0.15, 0.2) is 0 Å². The van der Waals surface area contributed by atoms with E-state index >= 15 is 0 Å². The lowest BCUT2D eigenvalue weighted by molar-refractivity contribution is 0.473. The molecule has 0 aliphatic heterocycles. The highest BCUT2D eigenvalue weighted by atomic mass is 16.3. The van der Waals surface area contributed by atoms with Gasteiger partial charge in [0, 0.05) is 0 Å². The van der Waals surface area contributed by atoms with Gasteiger partial charge in [0.25, 0.3) is 0 Å². The second kappa shape index (κ2) is 8.01. The van der Waals surface area contributed by atoms with Crippen LogP contribution in [0.25, 0.3) is 22.3 Å². The van der Waals surface area contributed by atoms with Crippen molar-refractivity contribution in [3.8, 4) is 33.8 Å². The van der Waals surface area contributed by atoms with Crippen molar-refractivity contribution in [3.63, 3.8) is 0 Å². The summed E-state index contributed by atoms with van der Waals surface area (Å²) >= 11 is 0. The highest BCUT2D eigenvalue weighted by Crippen LogP contribution is 2.31. The van der Waals surface area contributed by atoms with Crippen LogP contribution >= 0.6 is 0 Å². The Bertz CT molecular complexity index is 981. The number of aryl methyl sites for hydroxylation is 2. The molecular weight excluding hydrogens is 344 g/mol. The summed E-state index contributed by atoms with van der Waals surface area (Å²) in [5.41, 5.74) is 6.70. The third kappa shape index (κ3) is 3.91. The van der Waals surface area contributed by atoms with Crippen molar-refractivity contribution in [3.05, 3.63) is 108 Å². The third-order valence-electron chi connectivity index (χ3n) is 5.01. The van der Waals surface area contributed by atoms with Crippen LogP contribution in [0.3, 0.4) is 0 Å². The first-order valence-corrected chi connectivity index (χ1v) is 9.45. The minimum atomic E-state index is 0.272. The maximum absolute atomic E-state index is 10.0. The fourth-order valence-corrected chi connectivity index (χ4v) is 3.64. The van der Waals surface area contributed by atoms with E-state index in [9.17, 15) is 10.2 Å². The topological polar surface area (TPSA) is 40.5 Å². The second-order valence-electron chi connectivity index (χ2n) is 6.91. The first kappa shape index (κ1) is 17.9. The van der Waals surface area contributed by atoms with Crippen LogP contribution in [0.2, 0.25) is 0 Å². The molecule has 0 amide bonds. The van der Waals surface area contributed by atoms with Crippen molar-refractivity contribution in [1.82, 2.24) is 0 Å². The number of aromatic hydroxyl groups is 2. The van der Waals surface area contributed by atoms with Gasteiger partial charge in [-0.25, -0.2) is 0 Å². The van der Waals surface area contributed by atoms with Gasteiger partial charge in [-0.05, 0) is 70.5 Å². The van der Waals surface area contributed by atoms with Gasteiger partial charge in [0.2, 0.25) is 0 Å². The lowest BCUT2D eigenvalue weighted by Gasteiger charge is -2.14. The Hall–Kier alpha value is -3.52. The van der Waals surface area contributed by atoms with E-state index in [1.807, 2.05) is 60.7 Å². The van der Waals surface area contributed by atoms with E-state index in [1.165, 1.54) is 0 Å². The zero-order chi connectivity index (χ0) is 19.3. The average Bonchev–Trinajstić information content (AvgIpc) is 2.74. The van der Waals surface area contributed by atoms with E-state index < -0.39 is 0 Å². The smallest absolute Gasteiger partial charge is 0.115 e. The average molecular weight is 366 g/mol. The highest BCUT2D eigenvalue weighted by molar-refractivity contribution is 5.70. The molecule has 0 saturated heterocycles. The maximum atomic E-state index is 10.0. The Morgan fingerprint density at radius 2 is 0.857 bits per heavy atom. The van der Waals surface area contributed by atoms with Crippen molar-refractivity contribution in [2.45, 2.75) is 12.8 Å². The highest BCUT2D eigenvalue weighted by Gasteiger charge is 2.10. The summed E-state index contributed by atoms with van der Waals surface area (Å²) in [5, 5.41) is 20.0. The van der Waals surface area contributed by atoms with Crippen LogP contribution in [0.5, 0.6) is 11.5 Å². The molecule has 0 aliphatic carbocycles. The molecule has 0 atom stereocenters. The van der Waals surface area contributed by atoms with E-state index in [0.717, 1.165) is 46.2 Å². The Labute approximate surface area is 165 Å². The molecule has 2 N–H and O–H groups in total. The van der Waals surface area contributed by atoms with Crippen LogP contribution in [0.1, 0.15) is 11.1 Å². The Balaban J connectivity index is 1.68. The summed E-state index contributed by atoms with van der Waals surface area (Å²) < 4.78 is 0. The molecule has 2 nitrogen and oxygen atoms in total. The lowest BCUT2D eigenvalue weighted by Crippen LogP contribution is -1.97. The molecule has 0 saturated carbocycles. The standard InChI is InChI=1S/C26H22O2/c27-23-13-15-25(19-7-3-1-4-8-19)21(17-23)11-12-22-18-24(28)14-16-26(22)20-9-5-2-6-10-20/h1-10,13-18,27-28H,11-12H2. The number of rotatable bonds is 5. The van der Waals surface area contributed by atoms with Crippen LogP contribution < -0.4 is 0 Å². The molecule has 28 heavy (non-hydrogen) atoms. The van der Waals surface area contributed by atoms with Gasteiger partial charge in [-0.2, -0.15) is 0 Å². The summed E-state index contributed by atoms with van der Waals surface area (Å²) in [7, 11) is 0. The summed E-state index contributed by atoms with van der Waals surface area (Å²) in [5.74, 6) is 0.544. The summed E-state index contributed by atoms with van der Waals surface area (Å²) in [6.07, 6.45) is 1.53. The van der Waals surface area contributed by atoms with Gasteiger partial charge < -0.3 is 10.2 Å². The molecule has 138 valence electrons. The molecule has 2 heteroatoms. The van der Waals surface area contributed by atoms with Crippen LogP contribution in [0.15, 0.2) is 97.1 Å². The predicted octanol–water partition coefficient (Wildman–Crippen LogP) is 6.22. The van der Waals surface area contributed by atoms with E-state index in [2.05, 4.69) is 24.3 Å². The zero-order valence-electron chi connectivity index (χ0n) is 15.5. The van der Waals surface area contributed by atoms with Crippen molar-refractivity contribution in [2.24, 2.45) is 0 Å². The van der Waals surface area contributed by atoms with Crippen LogP contribution in [0.4, 0.5) is 0 Å². The van der Waals surface area contributed by atoms with Crippen LogP contribution in [0, 0.1) is 0 Å². The molecule has 0 bridgehead atoms. The van der Waals surface area contributed by atoms with Crippen LogP contribution in [-0.2, 0) is 12.8 Å². The second-order valence-corrected chi connectivity index (χ2v) is 6.91. The number of hydrogen-bond donors (Lipinski definition) is 2. The van der Waals surface area contributed by atoms with E-state index in [-0.39, 0.29) is 11.5 Å². The molecule has 0 heterocycles. The van der Waals surface area contributed by atoms with Gasteiger partial charge in [0.1, 0.15) is 11.5 Å². The first-order valence-electron chi connectivity index (χ1n) is 9.45. The van der Waals surface area contributed by atoms with Gasteiger partial charge in [0.05, 0.1) is 0 Å². The Morgan fingerprint density at radius 3 is 1.25 bits per heavy atom. The van der Waals surface area contributed by atoms with Crippen molar-refractivity contribution >= 4 is 0 Å². The minimum absolute atomic E-state index is 0.272. The van der Waals surface area contributed by atoms with E-state index in [1.54, 1.807) is 12.1 Å². The van der Waals surface area contributed by atoms with E-state index in [0.29, 0.717) is 0 Å². The molecule has 4 aromatic rings. The number of hydrogen-bond acceptors (Lipinski definition) is 2. The molecule has 0 aromatic heterocycles. The van der Waals surface area contributed by atoms with Crippen molar-refractivity contribution < 1.29 is 10.2 Å². The number of benzene rings is 4. The fourth-order valence-electron chi connectivity index (χ4n) is 3.64. The lowest BCUT2D eigenvalue weighted by atomic mass is 9.92. The minimum Gasteiger partial charge on any atom is -0.508 e. The molecule has 0 fully saturated rings. The molecule has 0 unspecified atom stereocenters. The Morgan fingerprint density at radius 1 is 0.464 bits per heavy atom. The summed E-state index contributed by atoms with van der Waals surface area (Å²) in [4.78, 5) is 0. The third-order valence-corrected chi connectivity index (χ3v) is 5.01. The van der Waals surface area contributed by atoms with Gasteiger partial charge >= 0.3 is 0 Å². The largest absolute Gasteiger partial charge is 0.508 e.